The van der Waals surface area contributed by atoms with E-state index in [9.17, 15) is 9.59 Å². The van der Waals surface area contributed by atoms with Crippen molar-refractivity contribution >= 4 is 11.8 Å². The minimum atomic E-state index is 0.0916. The van der Waals surface area contributed by atoms with Crippen LogP contribution in [-0.2, 0) is 16.1 Å². The Labute approximate surface area is 148 Å². The van der Waals surface area contributed by atoms with Crippen LogP contribution in [0.5, 0.6) is 0 Å². The Balaban J connectivity index is 1.36. The lowest BCUT2D eigenvalue weighted by molar-refractivity contribution is -0.132. The standard InChI is InChI=1S/C18H28N4O3/c1-14-3-6-16(25-14)11-20(2)18(24)13-22-9-7-21(8-10-22)12-17(23)19-15-4-5-15/h3,6,15H,4-5,7-13H2,1-2H3,(H,19,23). The molecule has 7 nitrogen and oxygen atoms in total. The second-order valence-corrected chi connectivity index (χ2v) is 7.16. The summed E-state index contributed by atoms with van der Waals surface area (Å²) in [5.74, 6) is 1.88. The lowest BCUT2D eigenvalue weighted by Gasteiger charge is -2.34. The zero-order valence-electron chi connectivity index (χ0n) is 15.2. The molecule has 2 heterocycles. The van der Waals surface area contributed by atoms with Gasteiger partial charge in [-0.3, -0.25) is 19.4 Å². The molecule has 7 heteroatoms. The van der Waals surface area contributed by atoms with Crippen LogP contribution in [0.15, 0.2) is 16.5 Å². The van der Waals surface area contributed by atoms with Crippen LogP contribution in [0.25, 0.3) is 0 Å². The van der Waals surface area contributed by atoms with Crippen molar-refractivity contribution in [2.45, 2.75) is 32.4 Å². The average Bonchev–Trinajstić information content (AvgIpc) is 3.29. The van der Waals surface area contributed by atoms with E-state index in [0.29, 0.717) is 25.7 Å². The number of amides is 2. The molecule has 0 atom stereocenters. The Bertz CT molecular complexity index is 603. The predicted molar refractivity (Wildman–Crippen MR) is 94.0 cm³/mol. The molecule has 2 aliphatic rings. The van der Waals surface area contributed by atoms with Crippen LogP contribution < -0.4 is 5.32 Å². The zero-order chi connectivity index (χ0) is 17.8. The third-order valence-corrected chi connectivity index (χ3v) is 4.75. The number of carbonyl (C=O) groups is 2. The van der Waals surface area contributed by atoms with Gasteiger partial charge in [-0.2, -0.15) is 0 Å². The number of hydrogen-bond donors (Lipinski definition) is 1. The van der Waals surface area contributed by atoms with Crippen LogP contribution in [0, 0.1) is 6.92 Å². The molecule has 2 amide bonds. The van der Waals surface area contributed by atoms with Crippen LogP contribution in [0.4, 0.5) is 0 Å². The number of carbonyl (C=O) groups excluding carboxylic acids is 2. The first kappa shape index (κ1) is 17.9. The topological polar surface area (TPSA) is 69.0 Å². The molecule has 3 rings (SSSR count). The minimum Gasteiger partial charge on any atom is -0.464 e. The van der Waals surface area contributed by atoms with Gasteiger partial charge in [0.2, 0.25) is 11.8 Å². The Morgan fingerprint density at radius 1 is 1.16 bits per heavy atom. The fourth-order valence-electron chi connectivity index (χ4n) is 3.01. The fraction of sp³-hybridized carbons (Fsp3) is 0.667. The summed E-state index contributed by atoms with van der Waals surface area (Å²) >= 11 is 0. The van der Waals surface area contributed by atoms with Crippen molar-refractivity contribution in [1.82, 2.24) is 20.0 Å². The summed E-state index contributed by atoms with van der Waals surface area (Å²) < 4.78 is 5.53. The van der Waals surface area contributed by atoms with Gasteiger partial charge in [0.1, 0.15) is 11.5 Å². The predicted octanol–water partition coefficient (Wildman–Crippen LogP) is 0.443. The van der Waals surface area contributed by atoms with E-state index >= 15 is 0 Å². The second-order valence-electron chi connectivity index (χ2n) is 7.16. The third kappa shape index (κ3) is 5.57. The van der Waals surface area contributed by atoms with Crippen molar-refractivity contribution in [3.8, 4) is 0 Å². The summed E-state index contributed by atoms with van der Waals surface area (Å²) in [5, 5.41) is 3.02. The molecule has 1 aliphatic carbocycles. The molecular formula is C18H28N4O3. The van der Waals surface area contributed by atoms with Crippen LogP contribution in [0.2, 0.25) is 0 Å². The minimum absolute atomic E-state index is 0.0916. The summed E-state index contributed by atoms with van der Waals surface area (Å²) in [7, 11) is 1.80. The van der Waals surface area contributed by atoms with Gasteiger partial charge in [-0.15, -0.1) is 0 Å². The van der Waals surface area contributed by atoms with Gasteiger partial charge in [0.25, 0.3) is 0 Å². The van der Waals surface area contributed by atoms with E-state index in [1.54, 1.807) is 11.9 Å². The summed E-state index contributed by atoms with van der Waals surface area (Å²) in [5.41, 5.74) is 0. The maximum absolute atomic E-state index is 12.4. The van der Waals surface area contributed by atoms with E-state index in [4.69, 9.17) is 4.42 Å². The van der Waals surface area contributed by atoms with E-state index < -0.39 is 0 Å². The van der Waals surface area contributed by atoms with Crippen molar-refractivity contribution in [3.63, 3.8) is 0 Å². The van der Waals surface area contributed by atoms with Crippen molar-refractivity contribution < 1.29 is 14.0 Å². The van der Waals surface area contributed by atoms with Crippen molar-refractivity contribution in [2.75, 3.05) is 46.3 Å². The normalized spacial score (nSPS) is 19.0. The molecule has 2 fully saturated rings. The number of rotatable bonds is 7. The number of hydrogen-bond acceptors (Lipinski definition) is 5. The lowest BCUT2D eigenvalue weighted by Crippen LogP contribution is -2.51. The first-order valence-corrected chi connectivity index (χ1v) is 9.03. The third-order valence-electron chi connectivity index (χ3n) is 4.75. The van der Waals surface area contributed by atoms with E-state index in [1.807, 2.05) is 19.1 Å². The lowest BCUT2D eigenvalue weighted by atomic mass is 10.3. The highest BCUT2D eigenvalue weighted by Crippen LogP contribution is 2.18. The number of likely N-dealkylation sites (N-methyl/N-ethyl adjacent to an activating group) is 1. The Hall–Kier alpha value is -1.86. The van der Waals surface area contributed by atoms with Crippen LogP contribution in [0.3, 0.4) is 0 Å². The monoisotopic (exact) mass is 348 g/mol. The van der Waals surface area contributed by atoms with Crippen molar-refractivity contribution in [3.05, 3.63) is 23.7 Å². The zero-order valence-corrected chi connectivity index (χ0v) is 15.2. The van der Waals surface area contributed by atoms with Crippen LogP contribution in [0.1, 0.15) is 24.4 Å². The van der Waals surface area contributed by atoms with Crippen LogP contribution in [-0.4, -0.2) is 78.9 Å². The van der Waals surface area contributed by atoms with E-state index in [-0.39, 0.29) is 11.8 Å². The maximum atomic E-state index is 12.4. The SMILES string of the molecule is Cc1ccc(CN(C)C(=O)CN2CCN(CC(=O)NC3CC3)CC2)o1. The molecule has 0 unspecified atom stereocenters. The molecule has 1 aromatic heterocycles. The molecule has 1 aromatic rings. The van der Waals surface area contributed by atoms with Gasteiger partial charge < -0.3 is 14.6 Å². The Kier molecular flexibility index (Phi) is 5.75. The molecule has 138 valence electrons. The van der Waals surface area contributed by atoms with Crippen molar-refractivity contribution in [1.29, 1.82) is 0 Å². The quantitative estimate of drug-likeness (QED) is 0.775. The molecule has 1 saturated carbocycles. The summed E-state index contributed by atoms with van der Waals surface area (Å²) in [6, 6.07) is 4.23. The molecule has 1 N–H and O–H groups in total. The van der Waals surface area contributed by atoms with Gasteiger partial charge in [-0.1, -0.05) is 0 Å². The molecule has 25 heavy (non-hydrogen) atoms. The van der Waals surface area contributed by atoms with Gasteiger partial charge >= 0.3 is 0 Å². The first-order chi connectivity index (χ1) is 12.0. The number of nitrogens with zero attached hydrogens (tertiary/aromatic N) is 3. The van der Waals surface area contributed by atoms with Gasteiger partial charge in [0, 0.05) is 39.3 Å². The molecule has 0 radical (unpaired) electrons. The summed E-state index contributed by atoms with van der Waals surface area (Å²) in [6.07, 6.45) is 2.24. The number of piperazine rings is 1. The molecule has 0 aromatic carbocycles. The Morgan fingerprint density at radius 3 is 2.36 bits per heavy atom. The first-order valence-electron chi connectivity index (χ1n) is 9.03. The number of nitrogens with one attached hydrogen (secondary N) is 1. The highest BCUT2D eigenvalue weighted by atomic mass is 16.3. The summed E-state index contributed by atoms with van der Waals surface area (Å²) in [4.78, 5) is 30.2. The molecule has 1 aliphatic heterocycles. The number of furan rings is 1. The van der Waals surface area contributed by atoms with Crippen molar-refractivity contribution in [2.24, 2.45) is 0 Å². The van der Waals surface area contributed by atoms with Gasteiger partial charge in [-0.25, -0.2) is 0 Å². The largest absolute Gasteiger partial charge is 0.464 e. The Morgan fingerprint density at radius 2 is 1.80 bits per heavy atom. The number of aryl methyl sites for hydroxylation is 1. The fourth-order valence-corrected chi connectivity index (χ4v) is 3.01. The smallest absolute Gasteiger partial charge is 0.236 e. The molecule has 0 spiro atoms. The molecule has 0 bridgehead atoms. The highest BCUT2D eigenvalue weighted by Gasteiger charge is 2.26. The van der Waals surface area contributed by atoms with Crippen LogP contribution >= 0.6 is 0 Å². The average molecular weight is 348 g/mol. The van der Waals surface area contributed by atoms with Gasteiger partial charge in [0.05, 0.1) is 19.6 Å². The van der Waals surface area contributed by atoms with E-state index in [0.717, 1.165) is 50.5 Å². The van der Waals surface area contributed by atoms with Gasteiger partial charge in [0.15, 0.2) is 0 Å². The molecule has 1 saturated heterocycles. The highest BCUT2D eigenvalue weighted by molar-refractivity contribution is 5.79. The second kappa shape index (κ2) is 8.01. The van der Waals surface area contributed by atoms with E-state index in [2.05, 4.69) is 15.1 Å². The summed E-state index contributed by atoms with van der Waals surface area (Å²) in [6.45, 7) is 6.56. The van der Waals surface area contributed by atoms with E-state index in [1.165, 1.54) is 0 Å². The molecular weight excluding hydrogens is 320 g/mol. The van der Waals surface area contributed by atoms with Gasteiger partial charge in [-0.05, 0) is 31.9 Å². The maximum Gasteiger partial charge on any atom is 0.236 e.